The standard InChI is InChI=1S/C5H10F2N2O/c1-3(5(8)10)9-2-4(6)7/h2-5,10H,8H2,1H3. The average molecular weight is 152 g/mol. The zero-order chi connectivity index (χ0) is 8.15. The molecule has 0 saturated carbocycles. The predicted molar refractivity (Wildman–Crippen MR) is 34.2 cm³/mol. The van der Waals surface area contributed by atoms with Gasteiger partial charge in [0.1, 0.15) is 6.23 Å². The topological polar surface area (TPSA) is 58.6 Å². The van der Waals surface area contributed by atoms with Crippen LogP contribution in [0.5, 0.6) is 0 Å². The number of alkyl halides is 2. The lowest BCUT2D eigenvalue weighted by Crippen LogP contribution is -2.30. The summed E-state index contributed by atoms with van der Waals surface area (Å²) in [5.74, 6) is 0. The van der Waals surface area contributed by atoms with Crippen LogP contribution in [0.2, 0.25) is 0 Å². The molecular weight excluding hydrogens is 142 g/mol. The van der Waals surface area contributed by atoms with E-state index in [9.17, 15) is 8.78 Å². The summed E-state index contributed by atoms with van der Waals surface area (Å²) in [6, 6.07) is -0.672. The molecule has 0 rings (SSSR count). The highest BCUT2D eigenvalue weighted by molar-refractivity contribution is 5.60. The van der Waals surface area contributed by atoms with Gasteiger partial charge in [-0.2, -0.15) is 0 Å². The largest absolute Gasteiger partial charge is 0.377 e. The molecule has 10 heavy (non-hydrogen) atoms. The number of aliphatic hydroxyl groups is 1. The van der Waals surface area contributed by atoms with Crippen molar-refractivity contribution >= 4 is 6.21 Å². The Balaban J connectivity index is 3.66. The van der Waals surface area contributed by atoms with Crippen molar-refractivity contribution in [3.63, 3.8) is 0 Å². The van der Waals surface area contributed by atoms with Crippen molar-refractivity contribution in [2.45, 2.75) is 25.6 Å². The molecule has 60 valence electrons. The molecule has 3 nitrogen and oxygen atoms in total. The highest BCUT2D eigenvalue weighted by Gasteiger charge is 2.06. The van der Waals surface area contributed by atoms with Crippen molar-refractivity contribution in [2.75, 3.05) is 0 Å². The van der Waals surface area contributed by atoms with Crippen molar-refractivity contribution in [1.29, 1.82) is 0 Å². The van der Waals surface area contributed by atoms with Crippen LogP contribution in [0.1, 0.15) is 6.92 Å². The van der Waals surface area contributed by atoms with Gasteiger partial charge in [0.05, 0.1) is 12.3 Å². The summed E-state index contributed by atoms with van der Waals surface area (Å²) in [5, 5.41) is 8.55. The summed E-state index contributed by atoms with van der Waals surface area (Å²) in [6.07, 6.45) is -3.29. The number of aliphatic hydroxyl groups excluding tert-OH is 1. The molecule has 0 spiro atoms. The highest BCUT2D eigenvalue weighted by atomic mass is 19.3. The lowest BCUT2D eigenvalue weighted by Gasteiger charge is -2.07. The zero-order valence-electron chi connectivity index (χ0n) is 5.54. The van der Waals surface area contributed by atoms with E-state index in [4.69, 9.17) is 10.8 Å². The highest BCUT2D eigenvalue weighted by Crippen LogP contribution is 1.93. The molecular formula is C5H10F2N2O. The molecule has 0 aliphatic heterocycles. The number of aliphatic imine (C=N–C) groups is 1. The monoisotopic (exact) mass is 152 g/mol. The fraction of sp³-hybridized carbons (Fsp3) is 0.800. The van der Waals surface area contributed by atoms with Gasteiger partial charge in [0.2, 0.25) is 0 Å². The quantitative estimate of drug-likeness (QED) is 0.441. The SMILES string of the molecule is CC(N=CC(F)F)C(N)O. The Morgan fingerprint density at radius 2 is 2.10 bits per heavy atom. The molecule has 0 radical (unpaired) electrons. The molecule has 0 saturated heterocycles. The van der Waals surface area contributed by atoms with E-state index in [-0.39, 0.29) is 0 Å². The summed E-state index contributed by atoms with van der Waals surface area (Å²) in [4.78, 5) is 3.27. The third-order valence-electron chi connectivity index (χ3n) is 0.928. The summed E-state index contributed by atoms with van der Waals surface area (Å²) >= 11 is 0. The van der Waals surface area contributed by atoms with Crippen LogP contribution in [0.4, 0.5) is 8.78 Å². The first-order chi connectivity index (χ1) is 4.54. The van der Waals surface area contributed by atoms with Gasteiger partial charge in [0.25, 0.3) is 6.43 Å². The van der Waals surface area contributed by atoms with Crippen LogP contribution in [-0.4, -0.2) is 30.0 Å². The molecule has 0 bridgehead atoms. The third kappa shape index (κ3) is 4.34. The minimum Gasteiger partial charge on any atom is -0.377 e. The van der Waals surface area contributed by atoms with Gasteiger partial charge in [0.15, 0.2) is 0 Å². The maximum Gasteiger partial charge on any atom is 0.273 e. The summed E-state index contributed by atoms with van der Waals surface area (Å²) < 4.78 is 22.8. The van der Waals surface area contributed by atoms with E-state index in [2.05, 4.69) is 4.99 Å². The third-order valence-corrected chi connectivity index (χ3v) is 0.928. The molecule has 2 unspecified atom stereocenters. The van der Waals surface area contributed by atoms with E-state index in [0.29, 0.717) is 6.21 Å². The van der Waals surface area contributed by atoms with Gasteiger partial charge in [-0.25, -0.2) is 8.78 Å². The Labute approximate surface area is 57.6 Å². The number of rotatable bonds is 3. The molecule has 0 amide bonds. The second-order valence-electron chi connectivity index (χ2n) is 1.86. The van der Waals surface area contributed by atoms with Gasteiger partial charge in [-0.15, -0.1) is 0 Å². The Hall–Kier alpha value is -0.550. The predicted octanol–water partition coefficient (Wildman–Crippen LogP) is -0.0121. The smallest absolute Gasteiger partial charge is 0.273 e. The molecule has 0 aliphatic carbocycles. The van der Waals surface area contributed by atoms with Gasteiger partial charge < -0.3 is 10.8 Å². The minimum atomic E-state index is -2.58. The first-order valence-electron chi connectivity index (χ1n) is 2.79. The number of nitrogens with two attached hydrogens (primary N) is 1. The van der Waals surface area contributed by atoms with Crippen LogP contribution >= 0.6 is 0 Å². The first kappa shape index (κ1) is 9.45. The van der Waals surface area contributed by atoms with Gasteiger partial charge in [-0.3, -0.25) is 4.99 Å². The molecule has 2 atom stereocenters. The van der Waals surface area contributed by atoms with Crippen molar-refractivity contribution < 1.29 is 13.9 Å². The average Bonchev–Trinajstić information content (AvgIpc) is 1.82. The molecule has 0 aliphatic rings. The summed E-state index contributed by atoms with van der Waals surface area (Å²) in [7, 11) is 0. The van der Waals surface area contributed by atoms with E-state index in [0.717, 1.165) is 0 Å². The fourth-order valence-corrected chi connectivity index (χ4v) is 0.289. The van der Waals surface area contributed by atoms with Crippen LogP contribution < -0.4 is 5.73 Å². The first-order valence-corrected chi connectivity index (χ1v) is 2.79. The Kier molecular flexibility index (Phi) is 4.06. The van der Waals surface area contributed by atoms with E-state index in [1.54, 1.807) is 0 Å². The molecule has 0 aromatic heterocycles. The molecule has 0 fully saturated rings. The number of hydrogen-bond acceptors (Lipinski definition) is 3. The van der Waals surface area contributed by atoms with E-state index in [1.165, 1.54) is 6.92 Å². The van der Waals surface area contributed by atoms with E-state index < -0.39 is 18.7 Å². The van der Waals surface area contributed by atoms with E-state index >= 15 is 0 Å². The maximum atomic E-state index is 11.4. The lowest BCUT2D eigenvalue weighted by atomic mass is 10.3. The summed E-state index contributed by atoms with van der Waals surface area (Å²) in [6.45, 7) is 1.45. The normalized spacial score (nSPS) is 18.2. The van der Waals surface area contributed by atoms with Crippen molar-refractivity contribution in [1.82, 2.24) is 0 Å². The van der Waals surface area contributed by atoms with Crippen LogP contribution in [0.3, 0.4) is 0 Å². The second kappa shape index (κ2) is 4.29. The lowest BCUT2D eigenvalue weighted by molar-refractivity contribution is 0.158. The van der Waals surface area contributed by atoms with Gasteiger partial charge in [0, 0.05) is 0 Å². The van der Waals surface area contributed by atoms with Gasteiger partial charge in [-0.05, 0) is 6.92 Å². The summed E-state index contributed by atoms with van der Waals surface area (Å²) in [5.41, 5.74) is 4.92. The molecule has 0 aromatic rings. The van der Waals surface area contributed by atoms with Gasteiger partial charge >= 0.3 is 0 Å². The number of hydrogen-bond donors (Lipinski definition) is 2. The van der Waals surface area contributed by atoms with E-state index in [1.807, 2.05) is 0 Å². The number of halogens is 2. The molecule has 0 heterocycles. The van der Waals surface area contributed by atoms with Crippen molar-refractivity contribution in [2.24, 2.45) is 10.7 Å². The Morgan fingerprint density at radius 1 is 1.60 bits per heavy atom. The molecule has 0 aromatic carbocycles. The Morgan fingerprint density at radius 3 is 2.40 bits per heavy atom. The second-order valence-corrected chi connectivity index (χ2v) is 1.86. The zero-order valence-corrected chi connectivity index (χ0v) is 5.54. The Bertz CT molecular complexity index is 116. The molecule has 3 N–H and O–H groups in total. The van der Waals surface area contributed by atoms with Crippen molar-refractivity contribution in [3.05, 3.63) is 0 Å². The number of nitrogens with zero attached hydrogens (tertiary/aromatic N) is 1. The maximum absolute atomic E-state index is 11.4. The fourth-order valence-electron chi connectivity index (χ4n) is 0.289. The van der Waals surface area contributed by atoms with Crippen LogP contribution in [-0.2, 0) is 0 Å². The molecule has 5 heteroatoms. The van der Waals surface area contributed by atoms with Crippen LogP contribution in [0.15, 0.2) is 4.99 Å². The van der Waals surface area contributed by atoms with Gasteiger partial charge in [-0.1, -0.05) is 0 Å². The van der Waals surface area contributed by atoms with Crippen molar-refractivity contribution in [3.8, 4) is 0 Å². The van der Waals surface area contributed by atoms with Crippen LogP contribution in [0.25, 0.3) is 0 Å². The minimum absolute atomic E-state index is 0.459. The van der Waals surface area contributed by atoms with Crippen LogP contribution in [0, 0.1) is 0 Å².